The lowest BCUT2D eigenvalue weighted by Crippen LogP contribution is -2.29. The summed E-state index contributed by atoms with van der Waals surface area (Å²) in [5.41, 5.74) is 1.07. The minimum absolute atomic E-state index is 0.0570. The van der Waals surface area contributed by atoms with Crippen LogP contribution in [0.5, 0.6) is 0 Å². The largest absolute Gasteiger partial charge is 0.455 e. The van der Waals surface area contributed by atoms with E-state index >= 15 is 0 Å². The molecule has 1 heterocycles. The lowest BCUT2D eigenvalue weighted by atomic mass is 10.0. The first kappa shape index (κ1) is 19.8. The van der Waals surface area contributed by atoms with E-state index in [2.05, 4.69) is 5.32 Å². The Morgan fingerprint density at radius 2 is 1.90 bits per heavy atom. The molecule has 7 nitrogen and oxygen atoms in total. The zero-order valence-electron chi connectivity index (χ0n) is 15.7. The Labute approximate surface area is 166 Å². The van der Waals surface area contributed by atoms with Gasteiger partial charge in [-0.1, -0.05) is 36.4 Å². The normalized spacial score (nSPS) is 10.3. The van der Waals surface area contributed by atoms with Gasteiger partial charge in [-0.25, -0.2) is 4.79 Å². The maximum absolute atomic E-state index is 12.8. The molecule has 0 aliphatic rings. The average molecular weight is 390 g/mol. The van der Waals surface area contributed by atoms with E-state index in [9.17, 15) is 14.4 Å². The third-order valence-corrected chi connectivity index (χ3v) is 4.29. The molecule has 0 saturated carbocycles. The number of esters is 1. The molecule has 0 aliphatic carbocycles. The van der Waals surface area contributed by atoms with Crippen molar-refractivity contribution in [3.8, 4) is 17.4 Å². The molecule has 0 unspecified atom stereocenters. The summed E-state index contributed by atoms with van der Waals surface area (Å²) in [5.74, 6) is -0.925. The van der Waals surface area contributed by atoms with E-state index in [-0.39, 0.29) is 34.9 Å². The summed E-state index contributed by atoms with van der Waals surface area (Å²) in [4.78, 5) is 37.0. The molecule has 0 spiro atoms. The first-order valence-corrected chi connectivity index (χ1v) is 8.95. The van der Waals surface area contributed by atoms with Gasteiger partial charge in [-0.3, -0.25) is 9.59 Å². The number of benzene rings is 2. The van der Waals surface area contributed by atoms with Crippen LogP contribution in [-0.4, -0.2) is 25.0 Å². The van der Waals surface area contributed by atoms with E-state index in [1.54, 1.807) is 19.1 Å². The van der Waals surface area contributed by atoms with E-state index in [0.717, 1.165) is 0 Å². The molecule has 3 rings (SSSR count). The van der Waals surface area contributed by atoms with Gasteiger partial charge in [0.1, 0.15) is 11.3 Å². The molecule has 146 valence electrons. The summed E-state index contributed by atoms with van der Waals surface area (Å²) in [6.45, 7) is 1.35. The number of fused-ring (bicyclic) bond motifs is 1. The predicted octanol–water partition coefficient (Wildman–Crippen LogP) is 2.96. The summed E-state index contributed by atoms with van der Waals surface area (Å²) in [5, 5.41) is 11.2. The second kappa shape index (κ2) is 8.85. The van der Waals surface area contributed by atoms with Crippen LogP contribution in [0.4, 0.5) is 0 Å². The standard InChI is InChI=1S/C22H18N2O5/c1-14-19(26)16-9-5-10-17(22(27)28-13-18(25)24-12-6-11-23)21(16)29-20(14)15-7-3-2-4-8-15/h2-5,7-10H,6,12-13H2,1H3,(H,24,25). The summed E-state index contributed by atoms with van der Waals surface area (Å²) < 4.78 is 11.0. The molecule has 29 heavy (non-hydrogen) atoms. The second-order valence-corrected chi connectivity index (χ2v) is 6.27. The van der Waals surface area contributed by atoms with Crippen molar-refractivity contribution >= 4 is 22.8 Å². The number of hydrogen-bond donors (Lipinski definition) is 1. The Morgan fingerprint density at radius 3 is 2.62 bits per heavy atom. The predicted molar refractivity (Wildman–Crippen MR) is 106 cm³/mol. The van der Waals surface area contributed by atoms with Crippen molar-refractivity contribution in [1.82, 2.24) is 5.32 Å². The molecule has 0 saturated heterocycles. The smallest absolute Gasteiger partial charge is 0.342 e. The molecule has 1 aromatic heterocycles. The Morgan fingerprint density at radius 1 is 1.14 bits per heavy atom. The fraction of sp³-hybridized carbons (Fsp3) is 0.182. The van der Waals surface area contributed by atoms with Crippen LogP contribution in [-0.2, 0) is 9.53 Å². The molecule has 0 aliphatic heterocycles. The van der Waals surface area contributed by atoms with Crippen molar-refractivity contribution in [2.75, 3.05) is 13.2 Å². The lowest BCUT2D eigenvalue weighted by Gasteiger charge is -2.10. The zero-order valence-corrected chi connectivity index (χ0v) is 15.7. The van der Waals surface area contributed by atoms with Crippen LogP contribution < -0.4 is 10.7 Å². The third-order valence-electron chi connectivity index (χ3n) is 4.29. The van der Waals surface area contributed by atoms with Gasteiger partial charge in [0.15, 0.2) is 17.6 Å². The van der Waals surface area contributed by atoms with Crippen molar-refractivity contribution in [3.63, 3.8) is 0 Å². The number of para-hydroxylation sites is 1. The van der Waals surface area contributed by atoms with Crippen molar-refractivity contribution in [2.24, 2.45) is 0 Å². The lowest BCUT2D eigenvalue weighted by molar-refractivity contribution is -0.124. The van der Waals surface area contributed by atoms with E-state index in [0.29, 0.717) is 16.9 Å². The average Bonchev–Trinajstić information content (AvgIpc) is 2.75. The van der Waals surface area contributed by atoms with Crippen LogP contribution in [0.1, 0.15) is 22.3 Å². The van der Waals surface area contributed by atoms with Gasteiger partial charge in [-0.05, 0) is 19.1 Å². The van der Waals surface area contributed by atoms with Gasteiger partial charge in [-0.15, -0.1) is 0 Å². The number of nitrogens with one attached hydrogen (secondary N) is 1. The van der Waals surface area contributed by atoms with Gasteiger partial charge in [-0.2, -0.15) is 5.26 Å². The number of nitrogens with zero attached hydrogens (tertiary/aromatic N) is 1. The van der Waals surface area contributed by atoms with Crippen LogP contribution in [0.25, 0.3) is 22.3 Å². The molecule has 0 bridgehead atoms. The molecule has 7 heteroatoms. The number of carbonyl (C=O) groups is 2. The molecule has 1 amide bonds. The fourth-order valence-corrected chi connectivity index (χ4v) is 2.85. The first-order valence-electron chi connectivity index (χ1n) is 8.95. The van der Waals surface area contributed by atoms with E-state index < -0.39 is 18.5 Å². The highest BCUT2D eigenvalue weighted by atomic mass is 16.5. The van der Waals surface area contributed by atoms with Crippen molar-refractivity contribution in [3.05, 3.63) is 69.9 Å². The molecular formula is C22H18N2O5. The van der Waals surface area contributed by atoms with Gasteiger partial charge in [0.25, 0.3) is 5.91 Å². The Balaban J connectivity index is 1.94. The summed E-state index contributed by atoms with van der Waals surface area (Å²) >= 11 is 0. The minimum atomic E-state index is -0.781. The van der Waals surface area contributed by atoms with Crippen molar-refractivity contribution in [1.29, 1.82) is 5.26 Å². The van der Waals surface area contributed by atoms with Crippen LogP contribution in [0.3, 0.4) is 0 Å². The van der Waals surface area contributed by atoms with Crippen LogP contribution in [0, 0.1) is 18.3 Å². The second-order valence-electron chi connectivity index (χ2n) is 6.27. The topological polar surface area (TPSA) is 109 Å². The maximum atomic E-state index is 12.8. The van der Waals surface area contributed by atoms with Crippen molar-refractivity contribution < 1.29 is 18.7 Å². The number of ether oxygens (including phenoxy) is 1. The Bertz CT molecular complexity index is 1160. The summed E-state index contributed by atoms with van der Waals surface area (Å²) in [6.07, 6.45) is 0.162. The SMILES string of the molecule is Cc1c(-c2ccccc2)oc2c(C(=O)OCC(=O)NCCC#N)cccc2c1=O. The van der Waals surface area contributed by atoms with Gasteiger partial charge in [0.2, 0.25) is 0 Å². The van der Waals surface area contributed by atoms with E-state index in [4.69, 9.17) is 14.4 Å². The highest BCUT2D eigenvalue weighted by molar-refractivity contribution is 6.02. The number of nitriles is 1. The van der Waals surface area contributed by atoms with Gasteiger partial charge >= 0.3 is 5.97 Å². The quantitative estimate of drug-likeness (QED) is 0.512. The highest BCUT2D eigenvalue weighted by Crippen LogP contribution is 2.27. The van der Waals surface area contributed by atoms with Crippen LogP contribution in [0.15, 0.2) is 57.7 Å². The number of amides is 1. The molecule has 1 N–H and O–H groups in total. The molecule has 0 radical (unpaired) electrons. The first-order chi connectivity index (χ1) is 14.0. The van der Waals surface area contributed by atoms with Gasteiger partial charge < -0.3 is 14.5 Å². The molecule has 0 atom stereocenters. The zero-order chi connectivity index (χ0) is 20.8. The molecule has 0 fully saturated rings. The molecular weight excluding hydrogens is 372 g/mol. The number of carbonyl (C=O) groups excluding carboxylic acids is 2. The number of rotatable bonds is 6. The van der Waals surface area contributed by atoms with E-state index in [1.165, 1.54) is 6.07 Å². The molecule has 3 aromatic rings. The summed E-state index contributed by atoms with van der Waals surface area (Å²) in [7, 11) is 0. The summed E-state index contributed by atoms with van der Waals surface area (Å²) in [6, 6.07) is 15.6. The molecule has 2 aromatic carbocycles. The van der Waals surface area contributed by atoms with Gasteiger partial charge in [0.05, 0.1) is 17.9 Å². The third kappa shape index (κ3) is 4.33. The maximum Gasteiger partial charge on any atom is 0.342 e. The van der Waals surface area contributed by atoms with Gasteiger partial charge in [0, 0.05) is 17.7 Å². The highest BCUT2D eigenvalue weighted by Gasteiger charge is 2.19. The fourth-order valence-electron chi connectivity index (χ4n) is 2.85. The number of hydrogen-bond acceptors (Lipinski definition) is 6. The van der Waals surface area contributed by atoms with Crippen LogP contribution >= 0.6 is 0 Å². The Hall–Kier alpha value is -3.92. The minimum Gasteiger partial charge on any atom is -0.455 e. The van der Waals surface area contributed by atoms with E-state index in [1.807, 2.05) is 36.4 Å². The Kier molecular flexibility index (Phi) is 6.05. The van der Waals surface area contributed by atoms with Crippen LogP contribution in [0.2, 0.25) is 0 Å². The van der Waals surface area contributed by atoms with Crippen molar-refractivity contribution in [2.45, 2.75) is 13.3 Å². The monoisotopic (exact) mass is 390 g/mol.